The minimum Gasteiger partial charge on any atom is -0.329 e. The first kappa shape index (κ1) is 10.4. The van der Waals surface area contributed by atoms with Gasteiger partial charge in [-0.1, -0.05) is 18.2 Å². The average Bonchev–Trinajstić information content (AvgIpc) is 2.39. The summed E-state index contributed by atoms with van der Waals surface area (Å²) in [5.41, 5.74) is 4.45. The Bertz CT molecular complexity index is 438. The van der Waals surface area contributed by atoms with Gasteiger partial charge in [-0.3, -0.25) is 5.84 Å². The molecule has 4 nitrogen and oxygen atoms in total. The Morgan fingerprint density at radius 1 is 1.12 bits per heavy atom. The molecule has 2 aromatic rings. The van der Waals surface area contributed by atoms with Crippen LogP contribution in [0.4, 0.5) is 17.2 Å². The summed E-state index contributed by atoms with van der Waals surface area (Å²) in [7, 11) is 1.98. The predicted molar refractivity (Wildman–Crippen MR) is 66.6 cm³/mol. The average molecular weight is 214 g/mol. The fourth-order valence-electron chi connectivity index (χ4n) is 1.45. The lowest BCUT2D eigenvalue weighted by Gasteiger charge is -2.18. The summed E-state index contributed by atoms with van der Waals surface area (Å²) in [6.07, 6.45) is 1.70. The Morgan fingerprint density at radius 2 is 1.88 bits per heavy atom. The second-order valence-corrected chi connectivity index (χ2v) is 3.44. The van der Waals surface area contributed by atoms with E-state index in [1.165, 1.54) is 0 Å². The number of para-hydroxylation sites is 1. The summed E-state index contributed by atoms with van der Waals surface area (Å²) in [4.78, 5) is 6.32. The van der Waals surface area contributed by atoms with Gasteiger partial charge in [-0.2, -0.15) is 0 Å². The number of nitrogens with zero attached hydrogens (tertiary/aromatic N) is 2. The minimum absolute atomic E-state index is 0.796. The van der Waals surface area contributed by atoms with Gasteiger partial charge < -0.3 is 10.3 Å². The van der Waals surface area contributed by atoms with Crippen LogP contribution >= 0.6 is 0 Å². The molecule has 82 valence electrons. The quantitative estimate of drug-likeness (QED) is 0.607. The summed E-state index contributed by atoms with van der Waals surface area (Å²) < 4.78 is 0. The maximum Gasteiger partial charge on any atom is 0.132 e. The monoisotopic (exact) mass is 214 g/mol. The van der Waals surface area contributed by atoms with Gasteiger partial charge in [0.1, 0.15) is 5.82 Å². The van der Waals surface area contributed by atoms with E-state index in [0.717, 1.165) is 17.2 Å². The van der Waals surface area contributed by atoms with Crippen LogP contribution in [-0.2, 0) is 0 Å². The molecule has 3 N–H and O–H groups in total. The maximum atomic E-state index is 5.28. The molecule has 0 aliphatic carbocycles. The first-order valence-electron chi connectivity index (χ1n) is 5.02. The third-order valence-corrected chi connectivity index (χ3v) is 2.40. The molecule has 0 amide bonds. The molecule has 0 saturated heterocycles. The molecule has 0 saturated carbocycles. The van der Waals surface area contributed by atoms with Crippen molar-refractivity contribution in [3.63, 3.8) is 0 Å². The predicted octanol–water partition coefficient (Wildman–Crippen LogP) is 2.14. The number of nitrogens with two attached hydrogens (primary N) is 1. The number of anilines is 3. The highest BCUT2D eigenvalue weighted by Gasteiger charge is 2.03. The molecule has 0 bridgehead atoms. The zero-order valence-electron chi connectivity index (χ0n) is 9.09. The normalized spacial score (nSPS) is 9.88. The molecule has 0 spiro atoms. The van der Waals surface area contributed by atoms with Crippen LogP contribution < -0.4 is 16.2 Å². The Kier molecular flexibility index (Phi) is 3.03. The Morgan fingerprint density at radius 3 is 2.44 bits per heavy atom. The van der Waals surface area contributed by atoms with Crippen molar-refractivity contribution in [2.24, 2.45) is 5.84 Å². The molecule has 1 heterocycles. The van der Waals surface area contributed by atoms with E-state index < -0.39 is 0 Å². The number of hydrogen-bond acceptors (Lipinski definition) is 4. The van der Waals surface area contributed by atoms with Gasteiger partial charge in [0.05, 0.1) is 11.9 Å². The zero-order chi connectivity index (χ0) is 11.4. The summed E-state index contributed by atoms with van der Waals surface area (Å²) in [5.74, 6) is 6.16. The van der Waals surface area contributed by atoms with Crippen LogP contribution in [0.1, 0.15) is 0 Å². The molecule has 1 aromatic carbocycles. The number of hydrogen-bond donors (Lipinski definition) is 2. The van der Waals surface area contributed by atoms with Crippen molar-refractivity contribution >= 4 is 17.2 Å². The third-order valence-electron chi connectivity index (χ3n) is 2.40. The molecule has 0 fully saturated rings. The lowest BCUT2D eigenvalue weighted by Crippen LogP contribution is -2.12. The van der Waals surface area contributed by atoms with Crippen molar-refractivity contribution < 1.29 is 0 Å². The van der Waals surface area contributed by atoms with Gasteiger partial charge in [0.25, 0.3) is 0 Å². The molecular weight excluding hydrogens is 200 g/mol. The SMILES string of the molecule is CN(c1ccccc1)c1ccc(NN)cn1. The van der Waals surface area contributed by atoms with Crippen molar-refractivity contribution in [3.05, 3.63) is 48.7 Å². The maximum absolute atomic E-state index is 5.28. The number of benzene rings is 1. The van der Waals surface area contributed by atoms with Crippen molar-refractivity contribution in [1.82, 2.24) is 4.98 Å². The van der Waals surface area contributed by atoms with Crippen LogP contribution in [0.25, 0.3) is 0 Å². The summed E-state index contributed by atoms with van der Waals surface area (Å²) in [5, 5.41) is 0. The van der Waals surface area contributed by atoms with Crippen molar-refractivity contribution in [3.8, 4) is 0 Å². The Balaban J connectivity index is 2.24. The number of pyridine rings is 1. The second kappa shape index (κ2) is 4.63. The van der Waals surface area contributed by atoms with E-state index in [0.29, 0.717) is 0 Å². The number of hydrazine groups is 1. The van der Waals surface area contributed by atoms with E-state index in [2.05, 4.69) is 10.4 Å². The number of aromatic nitrogens is 1. The van der Waals surface area contributed by atoms with Crippen molar-refractivity contribution in [2.45, 2.75) is 0 Å². The van der Waals surface area contributed by atoms with E-state index in [1.54, 1.807) is 6.20 Å². The molecule has 0 atom stereocenters. The van der Waals surface area contributed by atoms with Crippen LogP contribution in [0.5, 0.6) is 0 Å². The number of nitrogen functional groups attached to an aromatic ring is 1. The van der Waals surface area contributed by atoms with Crippen LogP contribution in [0.3, 0.4) is 0 Å². The van der Waals surface area contributed by atoms with Gasteiger partial charge in [0, 0.05) is 12.7 Å². The molecule has 4 heteroatoms. The van der Waals surface area contributed by atoms with E-state index in [1.807, 2.05) is 54.4 Å². The highest BCUT2D eigenvalue weighted by Crippen LogP contribution is 2.21. The van der Waals surface area contributed by atoms with Gasteiger partial charge in [0.15, 0.2) is 0 Å². The van der Waals surface area contributed by atoms with E-state index in [4.69, 9.17) is 5.84 Å². The van der Waals surface area contributed by atoms with E-state index >= 15 is 0 Å². The van der Waals surface area contributed by atoms with Gasteiger partial charge in [0.2, 0.25) is 0 Å². The summed E-state index contributed by atoms with van der Waals surface area (Å²) >= 11 is 0. The lowest BCUT2D eigenvalue weighted by atomic mass is 10.3. The fourth-order valence-corrected chi connectivity index (χ4v) is 1.45. The highest BCUT2D eigenvalue weighted by molar-refractivity contribution is 5.60. The summed E-state index contributed by atoms with van der Waals surface area (Å²) in [6.45, 7) is 0. The second-order valence-electron chi connectivity index (χ2n) is 3.44. The molecule has 16 heavy (non-hydrogen) atoms. The van der Waals surface area contributed by atoms with Gasteiger partial charge >= 0.3 is 0 Å². The molecule has 0 aliphatic heterocycles. The van der Waals surface area contributed by atoms with E-state index in [-0.39, 0.29) is 0 Å². The molecule has 0 aliphatic rings. The van der Waals surface area contributed by atoms with Gasteiger partial charge in [-0.15, -0.1) is 0 Å². The first-order chi connectivity index (χ1) is 7.81. The Labute approximate surface area is 94.7 Å². The van der Waals surface area contributed by atoms with Crippen LogP contribution in [-0.4, -0.2) is 12.0 Å². The summed E-state index contributed by atoms with van der Waals surface area (Å²) in [6, 6.07) is 13.9. The Hall–Kier alpha value is -2.07. The molecule has 0 radical (unpaired) electrons. The molecule has 0 unspecified atom stereocenters. The van der Waals surface area contributed by atoms with Crippen LogP contribution in [0, 0.1) is 0 Å². The first-order valence-corrected chi connectivity index (χ1v) is 5.02. The van der Waals surface area contributed by atoms with Crippen LogP contribution in [0.2, 0.25) is 0 Å². The largest absolute Gasteiger partial charge is 0.329 e. The zero-order valence-corrected chi connectivity index (χ0v) is 9.09. The molecule has 1 aromatic heterocycles. The van der Waals surface area contributed by atoms with Crippen LogP contribution in [0.15, 0.2) is 48.7 Å². The van der Waals surface area contributed by atoms with Crippen molar-refractivity contribution in [2.75, 3.05) is 17.4 Å². The standard InChI is InChI=1S/C12H14N4/c1-16(11-5-3-2-4-6-11)12-8-7-10(15-13)9-14-12/h2-9,15H,13H2,1H3. The van der Waals surface area contributed by atoms with E-state index in [9.17, 15) is 0 Å². The fraction of sp³-hybridized carbons (Fsp3) is 0.0833. The molecular formula is C12H14N4. The smallest absolute Gasteiger partial charge is 0.132 e. The number of nitrogens with one attached hydrogen (secondary N) is 1. The third kappa shape index (κ3) is 2.12. The van der Waals surface area contributed by atoms with Crippen molar-refractivity contribution in [1.29, 1.82) is 0 Å². The lowest BCUT2D eigenvalue weighted by molar-refractivity contribution is 1.12. The number of rotatable bonds is 3. The minimum atomic E-state index is 0.796. The van der Waals surface area contributed by atoms with Gasteiger partial charge in [-0.05, 0) is 24.3 Å². The van der Waals surface area contributed by atoms with Gasteiger partial charge in [-0.25, -0.2) is 4.98 Å². The molecule has 2 rings (SSSR count). The highest BCUT2D eigenvalue weighted by atomic mass is 15.2. The topological polar surface area (TPSA) is 54.2 Å².